The molecule has 23 heavy (non-hydrogen) atoms. The Hall–Kier alpha value is -2.51. The van der Waals surface area contributed by atoms with E-state index in [0.717, 1.165) is 0 Å². The Balaban J connectivity index is 2.29. The van der Waals surface area contributed by atoms with Crippen molar-refractivity contribution in [2.45, 2.75) is 39.0 Å². The summed E-state index contributed by atoms with van der Waals surface area (Å²) >= 11 is 0. The molecule has 1 aliphatic rings. The van der Waals surface area contributed by atoms with Crippen molar-refractivity contribution in [3.8, 4) is 0 Å². The Morgan fingerprint density at radius 2 is 2.26 bits per heavy atom. The largest absolute Gasteiger partial charge is 0.463 e. The van der Waals surface area contributed by atoms with Crippen LogP contribution in [-0.2, 0) is 19.0 Å². The van der Waals surface area contributed by atoms with Crippen LogP contribution >= 0.6 is 0 Å². The van der Waals surface area contributed by atoms with Crippen LogP contribution in [-0.4, -0.2) is 37.3 Å². The molecular formula is C14H17N3O6. The highest BCUT2D eigenvalue weighted by Crippen LogP contribution is 2.35. The van der Waals surface area contributed by atoms with Crippen LogP contribution < -0.4 is 0 Å². The summed E-state index contributed by atoms with van der Waals surface area (Å²) in [4.78, 5) is 25.8. The standard InChI is InChI=1S/C14H17N3O6/c1-4-20-14(19)9-5-11(22-7(9)2)13-12(23-8(3)18)10(6-21-13)16-17-15/h5,10,12-13H,4,6H2,1-3H3/t10-,12+,13+/m0/s1. The number of hydrogen-bond acceptors (Lipinski definition) is 7. The van der Waals surface area contributed by atoms with Crippen molar-refractivity contribution in [2.24, 2.45) is 5.11 Å². The Morgan fingerprint density at radius 3 is 2.87 bits per heavy atom. The summed E-state index contributed by atoms with van der Waals surface area (Å²) < 4.78 is 21.2. The van der Waals surface area contributed by atoms with Crippen molar-refractivity contribution in [3.63, 3.8) is 0 Å². The van der Waals surface area contributed by atoms with Gasteiger partial charge in [0.2, 0.25) is 0 Å². The van der Waals surface area contributed by atoms with Crippen molar-refractivity contribution in [1.82, 2.24) is 0 Å². The zero-order valence-corrected chi connectivity index (χ0v) is 13.0. The molecule has 0 aromatic carbocycles. The Morgan fingerprint density at radius 1 is 1.52 bits per heavy atom. The first-order valence-corrected chi connectivity index (χ1v) is 7.08. The van der Waals surface area contributed by atoms with Gasteiger partial charge in [-0.1, -0.05) is 5.11 Å². The quantitative estimate of drug-likeness (QED) is 0.355. The van der Waals surface area contributed by atoms with E-state index in [9.17, 15) is 9.59 Å². The van der Waals surface area contributed by atoms with Crippen molar-refractivity contribution in [2.75, 3.05) is 13.2 Å². The number of esters is 2. The highest BCUT2D eigenvalue weighted by Gasteiger charge is 2.42. The van der Waals surface area contributed by atoms with Gasteiger partial charge in [0, 0.05) is 11.8 Å². The van der Waals surface area contributed by atoms with Gasteiger partial charge >= 0.3 is 11.9 Å². The summed E-state index contributed by atoms with van der Waals surface area (Å²) in [5, 5.41) is 3.57. The summed E-state index contributed by atoms with van der Waals surface area (Å²) in [6.07, 6.45) is -1.57. The molecule has 0 amide bonds. The van der Waals surface area contributed by atoms with Gasteiger partial charge in [-0.2, -0.15) is 0 Å². The van der Waals surface area contributed by atoms with Crippen LogP contribution in [0.1, 0.15) is 41.8 Å². The molecule has 124 valence electrons. The maximum atomic E-state index is 11.8. The fourth-order valence-corrected chi connectivity index (χ4v) is 2.39. The van der Waals surface area contributed by atoms with E-state index in [1.54, 1.807) is 13.8 Å². The van der Waals surface area contributed by atoms with Crippen molar-refractivity contribution in [3.05, 3.63) is 33.6 Å². The fourth-order valence-electron chi connectivity index (χ4n) is 2.39. The van der Waals surface area contributed by atoms with Crippen LogP contribution in [0.3, 0.4) is 0 Å². The van der Waals surface area contributed by atoms with Crippen LogP contribution in [0.4, 0.5) is 0 Å². The average Bonchev–Trinajstić information content (AvgIpc) is 3.03. The first kappa shape index (κ1) is 16.9. The predicted molar refractivity (Wildman–Crippen MR) is 76.6 cm³/mol. The molecule has 0 N–H and O–H groups in total. The monoisotopic (exact) mass is 323 g/mol. The minimum atomic E-state index is -0.816. The zero-order valence-electron chi connectivity index (χ0n) is 13.0. The molecule has 0 aliphatic carbocycles. The first-order chi connectivity index (χ1) is 11.0. The average molecular weight is 323 g/mol. The van der Waals surface area contributed by atoms with Crippen LogP contribution in [0.2, 0.25) is 0 Å². The number of ether oxygens (including phenoxy) is 3. The van der Waals surface area contributed by atoms with Gasteiger partial charge in [0.25, 0.3) is 0 Å². The maximum Gasteiger partial charge on any atom is 0.341 e. The molecule has 1 fully saturated rings. The maximum absolute atomic E-state index is 11.8. The number of aryl methyl sites for hydroxylation is 1. The number of carbonyl (C=O) groups excluding carboxylic acids is 2. The van der Waals surface area contributed by atoms with E-state index < -0.39 is 30.2 Å². The third-order valence-corrected chi connectivity index (χ3v) is 3.34. The second-order valence-electron chi connectivity index (χ2n) is 4.94. The van der Waals surface area contributed by atoms with Gasteiger partial charge in [0.05, 0.1) is 13.2 Å². The zero-order chi connectivity index (χ0) is 17.0. The highest BCUT2D eigenvalue weighted by atomic mass is 16.6. The van der Waals surface area contributed by atoms with E-state index in [1.165, 1.54) is 13.0 Å². The summed E-state index contributed by atoms with van der Waals surface area (Å²) in [6, 6.07) is 0.831. The van der Waals surface area contributed by atoms with Gasteiger partial charge in [-0.25, -0.2) is 4.79 Å². The van der Waals surface area contributed by atoms with E-state index in [4.69, 9.17) is 24.2 Å². The summed E-state index contributed by atoms with van der Waals surface area (Å²) in [5.41, 5.74) is 8.87. The lowest BCUT2D eigenvalue weighted by atomic mass is 10.1. The van der Waals surface area contributed by atoms with Gasteiger partial charge in [-0.15, -0.1) is 0 Å². The van der Waals surface area contributed by atoms with E-state index >= 15 is 0 Å². The van der Waals surface area contributed by atoms with E-state index in [2.05, 4.69) is 10.0 Å². The SMILES string of the molecule is CCOC(=O)c1cc([C@H]2OC[C@H](N=[N+]=[N-])[C@H]2OC(C)=O)oc1C. The highest BCUT2D eigenvalue weighted by molar-refractivity contribution is 5.90. The molecule has 0 saturated carbocycles. The molecule has 0 radical (unpaired) electrons. The Bertz CT molecular complexity index is 649. The minimum Gasteiger partial charge on any atom is -0.463 e. The first-order valence-electron chi connectivity index (χ1n) is 7.08. The Kier molecular flexibility index (Phi) is 5.25. The number of furan rings is 1. The van der Waals surface area contributed by atoms with Crippen LogP contribution in [0.25, 0.3) is 10.4 Å². The minimum absolute atomic E-state index is 0.0845. The third kappa shape index (κ3) is 3.64. The van der Waals surface area contributed by atoms with Crippen LogP contribution in [0, 0.1) is 6.92 Å². The molecule has 9 nitrogen and oxygen atoms in total. The molecular weight excluding hydrogens is 306 g/mol. The number of nitrogens with zero attached hydrogens (tertiary/aromatic N) is 3. The summed E-state index contributed by atoms with van der Waals surface area (Å²) in [7, 11) is 0. The number of carbonyl (C=O) groups is 2. The molecule has 1 aromatic rings. The number of hydrogen-bond donors (Lipinski definition) is 0. The second kappa shape index (κ2) is 7.17. The smallest absolute Gasteiger partial charge is 0.341 e. The van der Waals surface area contributed by atoms with Gasteiger partial charge in [-0.05, 0) is 25.4 Å². The lowest BCUT2D eigenvalue weighted by Crippen LogP contribution is -2.29. The summed E-state index contributed by atoms with van der Waals surface area (Å²) in [6.45, 7) is 4.90. The van der Waals surface area contributed by atoms with Crippen molar-refractivity contribution < 1.29 is 28.2 Å². The molecule has 3 atom stereocenters. The molecule has 1 aliphatic heterocycles. The van der Waals surface area contributed by atoms with Crippen LogP contribution in [0.5, 0.6) is 0 Å². The van der Waals surface area contributed by atoms with Crippen LogP contribution in [0.15, 0.2) is 15.6 Å². The fraction of sp³-hybridized carbons (Fsp3) is 0.571. The lowest BCUT2D eigenvalue weighted by molar-refractivity contribution is -0.150. The van der Waals surface area contributed by atoms with Crippen molar-refractivity contribution in [1.29, 1.82) is 0 Å². The molecule has 2 rings (SSSR count). The van der Waals surface area contributed by atoms with Gasteiger partial charge in [0.1, 0.15) is 29.2 Å². The van der Waals surface area contributed by atoms with Gasteiger partial charge in [0.15, 0.2) is 6.10 Å². The van der Waals surface area contributed by atoms with E-state index in [0.29, 0.717) is 11.5 Å². The molecule has 9 heteroatoms. The number of rotatable bonds is 5. The molecule has 0 unspecified atom stereocenters. The molecule has 0 spiro atoms. The van der Waals surface area contributed by atoms with Gasteiger partial charge in [-0.3, -0.25) is 4.79 Å². The Labute approximate surface area is 132 Å². The van der Waals surface area contributed by atoms with Gasteiger partial charge < -0.3 is 18.6 Å². The third-order valence-electron chi connectivity index (χ3n) is 3.34. The predicted octanol–water partition coefficient (Wildman–Crippen LogP) is 2.45. The lowest BCUT2D eigenvalue weighted by Gasteiger charge is -2.18. The number of azide groups is 1. The van der Waals surface area contributed by atoms with Crippen molar-refractivity contribution >= 4 is 11.9 Å². The van der Waals surface area contributed by atoms with E-state index in [-0.39, 0.29) is 18.8 Å². The summed E-state index contributed by atoms with van der Waals surface area (Å²) in [5.74, 6) is -0.352. The normalized spacial score (nSPS) is 23.2. The second-order valence-corrected chi connectivity index (χ2v) is 4.94. The molecule has 1 saturated heterocycles. The van der Waals surface area contributed by atoms with E-state index in [1.807, 2.05) is 0 Å². The molecule has 0 bridgehead atoms. The molecule has 2 heterocycles. The molecule has 1 aromatic heterocycles. The topological polar surface area (TPSA) is 124 Å².